The van der Waals surface area contributed by atoms with E-state index in [1.165, 1.54) is 30.3 Å². The van der Waals surface area contributed by atoms with Crippen molar-refractivity contribution in [1.82, 2.24) is 9.71 Å². The van der Waals surface area contributed by atoms with E-state index in [2.05, 4.69) is 16.3 Å². The highest BCUT2D eigenvalue weighted by molar-refractivity contribution is 7.89. The van der Waals surface area contributed by atoms with Gasteiger partial charge in [-0.05, 0) is 42.3 Å². The van der Waals surface area contributed by atoms with Gasteiger partial charge in [-0.15, -0.1) is 6.58 Å². The molecule has 3 rings (SSSR count). The summed E-state index contributed by atoms with van der Waals surface area (Å²) in [7, 11) is -3.59. The summed E-state index contributed by atoms with van der Waals surface area (Å²) in [5.74, 6) is -0.150. The number of sulfonamides is 1. The minimum absolute atomic E-state index is 0.118. The van der Waals surface area contributed by atoms with Crippen LogP contribution in [0.1, 0.15) is 15.9 Å². The van der Waals surface area contributed by atoms with Crippen LogP contribution in [0.2, 0.25) is 0 Å². The SMILES string of the molecule is C=CCNS(=O)(=O)c1ccc(C(=O)N2CCc3cnccc32)cc1. The fourth-order valence-corrected chi connectivity index (χ4v) is 3.62. The Hall–Kier alpha value is -2.51. The van der Waals surface area contributed by atoms with Gasteiger partial charge >= 0.3 is 0 Å². The lowest BCUT2D eigenvalue weighted by atomic mass is 10.2. The number of nitrogens with one attached hydrogen (secondary N) is 1. The van der Waals surface area contributed by atoms with Crippen LogP contribution in [0.15, 0.2) is 60.3 Å². The summed E-state index contributed by atoms with van der Waals surface area (Å²) in [4.78, 5) is 18.5. The van der Waals surface area contributed by atoms with Crippen LogP contribution in [-0.2, 0) is 16.4 Å². The van der Waals surface area contributed by atoms with Crippen LogP contribution in [0.25, 0.3) is 0 Å². The zero-order valence-electron chi connectivity index (χ0n) is 13.0. The Labute approximate surface area is 140 Å². The van der Waals surface area contributed by atoms with Gasteiger partial charge in [0.2, 0.25) is 10.0 Å². The van der Waals surface area contributed by atoms with Gasteiger partial charge in [0.1, 0.15) is 0 Å². The van der Waals surface area contributed by atoms with Gasteiger partial charge in [-0.3, -0.25) is 9.78 Å². The predicted molar refractivity (Wildman–Crippen MR) is 91.4 cm³/mol. The molecule has 2 heterocycles. The van der Waals surface area contributed by atoms with E-state index < -0.39 is 10.0 Å². The van der Waals surface area contributed by atoms with Crippen LogP contribution in [0.5, 0.6) is 0 Å². The number of hydrogen-bond acceptors (Lipinski definition) is 4. The monoisotopic (exact) mass is 343 g/mol. The third-order valence-corrected chi connectivity index (χ3v) is 5.29. The van der Waals surface area contributed by atoms with Gasteiger partial charge < -0.3 is 4.90 Å². The summed E-state index contributed by atoms with van der Waals surface area (Å²) in [5, 5.41) is 0. The highest BCUT2D eigenvalue weighted by Crippen LogP contribution is 2.28. The fraction of sp³-hybridized carbons (Fsp3) is 0.176. The zero-order chi connectivity index (χ0) is 17.2. The standard InChI is InChI=1S/C17H17N3O3S/c1-2-9-19-24(22,23)15-5-3-13(4-6-15)17(21)20-11-8-14-12-18-10-7-16(14)20/h2-7,10,12,19H,1,8-9,11H2. The largest absolute Gasteiger partial charge is 0.308 e. The summed E-state index contributed by atoms with van der Waals surface area (Å²) in [6.07, 6.45) is 5.66. The number of aromatic nitrogens is 1. The molecule has 0 unspecified atom stereocenters. The van der Waals surface area contributed by atoms with Crippen molar-refractivity contribution in [2.45, 2.75) is 11.3 Å². The molecule has 0 saturated heterocycles. The third kappa shape index (κ3) is 3.08. The van der Waals surface area contributed by atoms with Crippen molar-refractivity contribution < 1.29 is 13.2 Å². The molecule has 1 aromatic heterocycles. The van der Waals surface area contributed by atoms with E-state index in [-0.39, 0.29) is 17.3 Å². The van der Waals surface area contributed by atoms with Crippen LogP contribution >= 0.6 is 0 Å². The van der Waals surface area contributed by atoms with Gasteiger partial charge in [0.15, 0.2) is 0 Å². The molecule has 1 N–H and O–H groups in total. The number of nitrogens with zero attached hydrogens (tertiary/aromatic N) is 2. The Kier molecular flexibility index (Phi) is 4.46. The lowest BCUT2D eigenvalue weighted by Gasteiger charge is -2.17. The molecule has 0 spiro atoms. The Bertz CT molecular complexity index is 876. The van der Waals surface area contributed by atoms with E-state index in [4.69, 9.17) is 0 Å². The summed E-state index contributed by atoms with van der Waals surface area (Å²) in [6.45, 7) is 4.23. The second-order valence-electron chi connectivity index (χ2n) is 5.38. The molecule has 0 aliphatic carbocycles. The van der Waals surface area contributed by atoms with Crippen molar-refractivity contribution in [3.8, 4) is 0 Å². The minimum Gasteiger partial charge on any atom is -0.308 e. The quantitative estimate of drug-likeness (QED) is 0.839. The van der Waals surface area contributed by atoms with Crippen LogP contribution in [0.4, 0.5) is 5.69 Å². The molecule has 1 aliphatic rings. The van der Waals surface area contributed by atoms with Gasteiger partial charge in [0, 0.05) is 31.0 Å². The number of rotatable bonds is 5. The van der Waals surface area contributed by atoms with Gasteiger partial charge in [-0.1, -0.05) is 6.08 Å². The molecular formula is C17H17N3O3S. The first-order valence-electron chi connectivity index (χ1n) is 7.48. The van der Waals surface area contributed by atoms with E-state index in [9.17, 15) is 13.2 Å². The minimum atomic E-state index is -3.59. The Morgan fingerprint density at radius 3 is 2.75 bits per heavy atom. The van der Waals surface area contributed by atoms with Crippen molar-refractivity contribution in [3.63, 3.8) is 0 Å². The zero-order valence-corrected chi connectivity index (χ0v) is 13.8. The van der Waals surface area contributed by atoms with Gasteiger partial charge in [-0.25, -0.2) is 13.1 Å². The second-order valence-corrected chi connectivity index (χ2v) is 7.14. The van der Waals surface area contributed by atoms with Crippen molar-refractivity contribution >= 4 is 21.6 Å². The number of carbonyl (C=O) groups is 1. The van der Waals surface area contributed by atoms with Gasteiger partial charge in [0.05, 0.1) is 10.6 Å². The highest BCUT2D eigenvalue weighted by Gasteiger charge is 2.25. The number of fused-ring (bicyclic) bond motifs is 1. The molecule has 7 heteroatoms. The molecular weight excluding hydrogens is 326 g/mol. The molecule has 1 aromatic carbocycles. The average Bonchev–Trinajstić information content (AvgIpc) is 3.03. The van der Waals surface area contributed by atoms with E-state index >= 15 is 0 Å². The molecule has 0 atom stereocenters. The predicted octanol–water partition coefficient (Wildman–Crippen LogP) is 1.75. The van der Waals surface area contributed by atoms with Crippen LogP contribution in [0, 0.1) is 0 Å². The van der Waals surface area contributed by atoms with Crippen molar-refractivity contribution in [1.29, 1.82) is 0 Å². The van der Waals surface area contributed by atoms with Gasteiger partial charge in [0.25, 0.3) is 5.91 Å². The maximum Gasteiger partial charge on any atom is 0.258 e. The molecule has 0 radical (unpaired) electrons. The molecule has 0 saturated carbocycles. The molecule has 124 valence electrons. The first-order chi connectivity index (χ1) is 11.5. The molecule has 24 heavy (non-hydrogen) atoms. The highest BCUT2D eigenvalue weighted by atomic mass is 32.2. The number of amides is 1. The molecule has 1 aliphatic heterocycles. The van der Waals surface area contributed by atoms with Crippen LogP contribution < -0.4 is 9.62 Å². The van der Waals surface area contributed by atoms with Crippen LogP contribution in [-0.4, -0.2) is 32.4 Å². The summed E-state index contributed by atoms with van der Waals surface area (Å²) in [5.41, 5.74) is 2.35. The molecule has 0 fully saturated rings. The molecule has 6 nitrogen and oxygen atoms in total. The number of benzene rings is 1. The second kappa shape index (κ2) is 6.54. The van der Waals surface area contributed by atoms with Crippen LogP contribution in [0.3, 0.4) is 0 Å². The smallest absolute Gasteiger partial charge is 0.258 e. The van der Waals surface area contributed by atoms with E-state index in [1.54, 1.807) is 17.3 Å². The fourth-order valence-electron chi connectivity index (χ4n) is 2.62. The Morgan fingerprint density at radius 1 is 1.29 bits per heavy atom. The molecule has 2 aromatic rings. The number of hydrogen-bond donors (Lipinski definition) is 1. The first-order valence-corrected chi connectivity index (χ1v) is 8.96. The summed E-state index contributed by atoms with van der Waals surface area (Å²) >= 11 is 0. The maximum absolute atomic E-state index is 12.7. The van der Waals surface area contributed by atoms with E-state index in [1.807, 2.05) is 6.07 Å². The van der Waals surface area contributed by atoms with E-state index in [0.29, 0.717) is 12.1 Å². The Balaban J connectivity index is 1.82. The molecule has 1 amide bonds. The lowest BCUT2D eigenvalue weighted by Crippen LogP contribution is -2.29. The number of pyridine rings is 1. The lowest BCUT2D eigenvalue weighted by molar-refractivity contribution is 0.0989. The summed E-state index contributed by atoms with van der Waals surface area (Å²) < 4.78 is 26.5. The van der Waals surface area contributed by atoms with Crippen molar-refractivity contribution in [2.75, 3.05) is 18.0 Å². The average molecular weight is 343 g/mol. The number of carbonyl (C=O) groups excluding carboxylic acids is 1. The van der Waals surface area contributed by atoms with Crippen molar-refractivity contribution in [3.05, 3.63) is 66.5 Å². The topological polar surface area (TPSA) is 79.4 Å². The van der Waals surface area contributed by atoms with Gasteiger partial charge in [-0.2, -0.15) is 0 Å². The first kappa shape index (κ1) is 16.4. The van der Waals surface area contributed by atoms with Crippen molar-refractivity contribution in [2.24, 2.45) is 0 Å². The summed E-state index contributed by atoms with van der Waals surface area (Å²) in [6, 6.07) is 7.75. The van der Waals surface area contributed by atoms with E-state index in [0.717, 1.165) is 17.7 Å². The normalized spacial score (nSPS) is 13.6. The number of anilines is 1. The molecule has 0 bridgehead atoms. The Morgan fingerprint density at radius 2 is 2.04 bits per heavy atom. The third-order valence-electron chi connectivity index (χ3n) is 3.85. The maximum atomic E-state index is 12.7.